The Morgan fingerprint density at radius 3 is 2.48 bits per heavy atom. The minimum Gasteiger partial charge on any atom is -0.403 e. The van der Waals surface area contributed by atoms with Crippen molar-refractivity contribution in [1.29, 1.82) is 0 Å². The van der Waals surface area contributed by atoms with Crippen molar-refractivity contribution in [3.63, 3.8) is 0 Å². The van der Waals surface area contributed by atoms with Crippen LogP contribution in [-0.4, -0.2) is 69.3 Å². The minimum absolute atomic E-state index is 0.0871. The third-order valence-corrected chi connectivity index (χ3v) is 7.14. The molecule has 0 aliphatic rings. The molecule has 0 fully saturated rings. The summed E-state index contributed by atoms with van der Waals surface area (Å²) in [5.41, 5.74) is 3.55. The molecule has 0 spiro atoms. The summed E-state index contributed by atoms with van der Waals surface area (Å²) < 4.78 is 23.1. The molecule has 46 heavy (non-hydrogen) atoms. The number of amides is 1. The Labute approximate surface area is 268 Å². The largest absolute Gasteiger partial charge is 0.403 e. The maximum Gasteiger partial charge on any atom is 0.310 e. The molecule has 13 heteroatoms. The highest BCUT2D eigenvalue weighted by molar-refractivity contribution is 5.96. The van der Waals surface area contributed by atoms with Crippen LogP contribution in [0.1, 0.15) is 56.2 Å². The second-order valence-electron chi connectivity index (χ2n) is 10.6. The van der Waals surface area contributed by atoms with Crippen LogP contribution >= 0.6 is 0 Å². The Kier molecular flexibility index (Phi) is 13.1. The first-order valence-corrected chi connectivity index (χ1v) is 15.6. The third kappa shape index (κ3) is 9.62. The van der Waals surface area contributed by atoms with Crippen molar-refractivity contribution in [2.75, 3.05) is 38.1 Å². The lowest BCUT2D eigenvalue weighted by Gasteiger charge is -2.12. The zero-order valence-corrected chi connectivity index (χ0v) is 26.3. The van der Waals surface area contributed by atoms with Crippen LogP contribution in [0.15, 0.2) is 67.5 Å². The van der Waals surface area contributed by atoms with Crippen LogP contribution in [0.4, 0.5) is 10.2 Å². The standard InChI is InChI=1S/C33H41FN8O4/c1-3-13-37-32-30(36-16-17-38-32)33(45)39-15-4-6-28(44)46-24(2)41-20-11-26(12-21-41)31-29(25-7-9-27(34)10-8-25)40-23-42(31)19-5-14-35-18-22-43/h7-12,16-17,20-21,23-24,35,43H,3-6,13-15,18-19,22H2,1-2H3,(H-,37,38,39,45)/p+1. The van der Waals surface area contributed by atoms with Crippen LogP contribution in [-0.2, 0) is 16.1 Å². The van der Waals surface area contributed by atoms with E-state index in [1.54, 1.807) is 30.0 Å². The molecule has 1 aromatic carbocycles. The Morgan fingerprint density at radius 2 is 1.74 bits per heavy atom. The highest BCUT2D eigenvalue weighted by Gasteiger charge is 2.20. The van der Waals surface area contributed by atoms with E-state index in [0.29, 0.717) is 31.9 Å². The van der Waals surface area contributed by atoms with Crippen LogP contribution in [0, 0.1) is 5.82 Å². The molecule has 4 N–H and O–H groups in total. The minimum atomic E-state index is -0.554. The average Bonchev–Trinajstić information content (AvgIpc) is 3.49. The van der Waals surface area contributed by atoms with Gasteiger partial charge in [-0.2, -0.15) is 4.57 Å². The lowest BCUT2D eigenvalue weighted by atomic mass is 10.1. The molecule has 0 saturated carbocycles. The fourth-order valence-corrected chi connectivity index (χ4v) is 4.80. The second kappa shape index (κ2) is 17.7. The van der Waals surface area contributed by atoms with Crippen molar-refractivity contribution in [2.45, 2.75) is 52.3 Å². The molecule has 3 heterocycles. The quantitative estimate of drug-likeness (QED) is 0.0735. The summed E-state index contributed by atoms with van der Waals surface area (Å²) in [6, 6.07) is 10.1. The molecule has 4 aromatic rings. The topological polar surface area (TPSA) is 147 Å². The van der Waals surface area contributed by atoms with Gasteiger partial charge >= 0.3 is 12.2 Å². The molecule has 0 saturated heterocycles. The third-order valence-electron chi connectivity index (χ3n) is 7.14. The first kappa shape index (κ1) is 34.1. The van der Waals surface area contributed by atoms with Gasteiger partial charge in [-0.25, -0.2) is 19.3 Å². The van der Waals surface area contributed by atoms with Gasteiger partial charge in [0.1, 0.15) is 5.82 Å². The maximum absolute atomic E-state index is 13.6. The number of ether oxygens (including phenoxy) is 1. The Morgan fingerprint density at radius 1 is 0.978 bits per heavy atom. The molecule has 0 bridgehead atoms. The fraction of sp³-hybridized carbons (Fsp3) is 0.394. The van der Waals surface area contributed by atoms with Crippen LogP contribution in [0.2, 0.25) is 0 Å². The lowest BCUT2D eigenvalue weighted by molar-refractivity contribution is -0.753. The van der Waals surface area contributed by atoms with Crippen molar-refractivity contribution in [2.24, 2.45) is 0 Å². The van der Waals surface area contributed by atoms with E-state index in [1.807, 2.05) is 31.5 Å². The summed E-state index contributed by atoms with van der Waals surface area (Å²) in [7, 11) is 0. The molecule has 1 unspecified atom stereocenters. The number of carbonyl (C=O) groups is 2. The first-order chi connectivity index (χ1) is 22.4. The number of nitrogens with one attached hydrogen (secondary N) is 3. The normalized spacial score (nSPS) is 11.7. The van der Waals surface area contributed by atoms with Gasteiger partial charge in [-0.1, -0.05) is 6.92 Å². The van der Waals surface area contributed by atoms with E-state index >= 15 is 0 Å². The summed E-state index contributed by atoms with van der Waals surface area (Å²) in [6.07, 6.45) is 10.2. The summed E-state index contributed by atoms with van der Waals surface area (Å²) >= 11 is 0. The van der Waals surface area contributed by atoms with Crippen molar-refractivity contribution in [3.8, 4) is 22.5 Å². The molecule has 244 valence electrons. The van der Waals surface area contributed by atoms with E-state index in [0.717, 1.165) is 41.9 Å². The number of aliphatic hydroxyl groups is 1. The van der Waals surface area contributed by atoms with Crippen LogP contribution in [0.5, 0.6) is 0 Å². The number of rotatable bonds is 18. The molecular weight excluding hydrogens is 591 g/mol. The van der Waals surface area contributed by atoms with Crippen LogP contribution in [0.25, 0.3) is 22.5 Å². The van der Waals surface area contributed by atoms with E-state index in [1.165, 1.54) is 24.5 Å². The van der Waals surface area contributed by atoms with Gasteiger partial charge < -0.3 is 30.4 Å². The number of pyridine rings is 1. The highest BCUT2D eigenvalue weighted by atomic mass is 19.1. The number of aryl methyl sites for hydroxylation is 1. The molecule has 0 radical (unpaired) electrons. The summed E-state index contributed by atoms with van der Waals surface area (Å²) in [6.45, 7) is 6.83. The molecule has 4 rings (SSSR count). The van der Waals surface area contributed by atoms with E-state index in [-0.39, 0.29) is 43.0 Å². The number of hydrogen-bond donors (Lipinski definition) is 4. The monoisotopic (exact) mass is 633 g/mol. The number of esters is 1. The smallest absolute Gasteiger partial charge is 0.310 e. The van der Waals surface area contributed by atoms with Crippen molar-refractivity contribution >= 4 is 17.7 Å². The molecule has 0 aliphatic carbocycles. The SMILES string of the molecule is CCCNc1nccnc1C(=O)NCCCC(=O)OC(C)[n+]1ccc(-c2c(-c3ccc(F)cc3)ncn2CCCNCCO)cc1. The zero-order valence-electron chi connectivity index (χ0n) is 26.3. The second-order valence-corrected chi connectivity index (χ2v) is 10.6. The number of nitrogens with zero attached hydrogens (tertiary/aromatic N) is 5. The first-order valence-electron chi connectivity index (χ1n) is 15.6. The Balaban J connectivity index is 1.34. The van der Waals surface area contributed by atoms with E-state index in [2.05, 4.69) is 35.5 Å². The fourth-order valence-electron chi connectivity index (χ4n) is 4.80. The van der Waals surface area contributed by atoms with Crippen molar-refractivity contribution < 1.29 is 28.4 Å². The molecule has 1 atom stereocenters. The van der Waals surface area contributed by atoms with Gasteiger partial charge in [0.2, 0.25) is 0 Å². The van der Waals surface area contributed by atoms with E-state index in [4.69, 9.17) is 9.84 Å². The van der Waals surface area contributed by atoms with Gasteiger partial charge in [-0.3, -0.25) is 9.59 Å². The number of halogens is 1. The van der Waals surface area contributed by atoms with E-state index in [9.17, 15) is 14.0 Å². The Hall–Kier alpha value is -4.75. The van der Waals surface area contributed by atoms with Gasteiger partial charge in [-0.15, -0.1) is 0 Å². The average molecular weight is 634 g/mol. The molecule has 3 aromatic heterocycles. The van der Waals surface area contributed by atoms with Gasteiger partial charge in [0, 0.05) is 75.2 Å². The van der Waals surface area contributed by atoms with Gasteiger partial charge in [-0.05, 0) is 50.1 Å². The maximum atomic E-state index is 13.6. The predicted octanol–water partition coefficient (Wildman–Crippen LogP) is 3.50. The summed E-state index contributed by atoms with van der Waals surface area (Å²) in [5, 5.41) is 18.1. The lowest BCUT2D eigenvalue weighted by Crippen LogP contribution is -2.39. The number of hydrogen-bond acceptors (Lipinski definition) is 9. The molecular formula is C33H42FN8O4+. The van der Waals surface area contributed by atoms with Crippen molar-refractivity contribution in [1.82, 2.24) is 30.2 Å². The molecule has 1 amide bonds. The summed E-state index contributed by atoms with van der Waals surface area (Å²) in [5.74, 6) is -0.619. The number of aromatic nitrogens is 5. The van der Waals surface area contributed by atoms with E-state index < -0.39 is 6.23 Å². The molecule has 12 nitrogen and oxygen atoms in total. The van der Waals surface area contributed by atoms with Gasteiger partial charge in [0.15, 0.2) is 23.9 Å². The van der Waals surface area contributed by atoms with Crippen LogP contribution < -0.4 is 20.5 Å². The Bertz CT molecular complexity index is 1550. The van der Waals surface area contributed by atoms with Gasteiger partial charge in [0.05, 0.1) is 24.3 Å². The number of aliphatic hydroxyl groups excluding tert-OH is 1. The number of anilines is 1. The van der Waals surface area contributed by atoms with Crippen molar-refractivity contribution in [3.05, 3.63) is 79.0 Å². The number of benzene rings is 1. The zero-order chi connectivity index (χ0) is 32.7. The molecule has 0 aliphatic heterocycles. The summed E-state index contributed by atoms with van der Waals surface area (Å²) in [4.78, 5) is 38.1. The highest BCUT2D eigenvalue weighted by Crippen LogP contribution is 2.31. The number of imidazole rings is 1. The van der Waals surface area contributed by atoms with Gasteiger partial charge in [0.25, 0.3) is 5.91 Å². The predicted molar refractivity (Wildman–Crippen MR) is 171 cm³/mol. The van der Waals surface area contributed by atoms with Crippen LogP contribution in [0.3, 0.4) is 0 Å². The number of carbonyl (C=O) groups excluding carboxylic acids is 2.